The van der Waals surface area contributed by atoms with E-state index in [4.69, 9.17) is 4.74 Å². The molecule has 1 saturated heterocycles. The number of benzene rings is 2. The summed E-state index contributed by atoms with van der Waals surface area (Å²) in [4.78, 5) is 18.6. The monoisotopic (exact) mass is 378 g/mol. The molecule has 134 valence electrons. The third kappa shape index (κ3) is 3.12. The number of thiazole rings is 1. The highest BCUT2D eigenvalue weighted by Crippen LogP contribution is 2.34. The first-order valence-corrected chi connectivity index (χ1v) is 8.71. The van der Waals surface area contributed by atoms with Gasteiger partial charge in [0.25, 0.3) is 0 Å². The molecular weight excluding hydrogens is 365 g/mol. The van der Waals surface area contributed by atoms with E-state index in [-0.39, 0.29) is 0 Å². The normalized spacial score (nSPS) is 15.1. The summed E-state index contributed by atoms with van der Waals surface area (Å²) in [6, 6.07) is 12.4. The molecule has 1 aliphatic heterocycles. The number of hydrogen-bond acceptors (Lipinski definition) is 5. The lowest BCUT2D eigenvalue weighted by Gasteiger charge is -2.38. The molecule has 0 N–H and O–H groups in total. The van der Waals surface area contributed by atoms with Gasteiger partial charge in [-0.2, -0.15) is 13.2 Å². The van der Waals surface area contributed by atoms with Crippen LogP contribution in [-0.2, 0) is 10.9 Å². The molecule has 0 atom stereocenters. The lowest BCUT2D eigenvalue weighted by Crippen LogP contribution is -2.53. The van der Waals surface area contributed by atoms with Crippen molar-refractivity contribution in [3.8, 4) is 0 Å². The van der Waals surface area contributed by atoms with E-state index in [1.807, 2.05) is 29.2 Å². The summed E-state index contributed by atoms with van der Waals surface area (Å²) in [5.74, 6) is -0.952. The Morgan fingerprint density at radius 3 is 2.54 bits per heavy atom. The minimum atomic E-state index is -4.59. The second kappa shape index (κ2) is 6.28. The zero-order valence-corrected chi connectivity index (χ0v) is 14.2. The Balaban J connectivity index is 1.42. The fraction of sp³-hybridized carbons (Fsp3) is 0.222. The minimum absolute atomic E-state index is 0.416. The molecular formula is C18H13F3N2O2S. The van der Waals surface area contributed by atoms with Crippen LogP contribution >= 0.6 is 11.3 Å². The summed E-state index contributed by atoms with van der Waals surface area (Å²) in [5, 5.41) is 0.814. The third-order valence-corrected chi connectivity index (χ3v) is 5.22. The number of nitrogens with zero attached hydrogens (tertiary/aromatic N) is 2. The topological polar surface area (TPSA) is 42.4 Å². The van der Waals surface area contributed by atoms with Gasteiger partial charge < -0.3 is 9.64 Å². The molecule has 26 heavy (non-hydrogen) atoms. The second-order valence-electron chi connectivity index (χ2n) is 5.94. The van der Waals surface area contributed by atoms with Crippen LogP contribution in [0.3, 0.4) is 0 Å². The molecule has 0 saturated carbocycles. The Kier molecular flexibility index (Phi) is 4.07. The van der Waals surface area contributed by atoms with E-state index in [0.29, 0.717) is 13.1 Å². The highest BCUT2D eigenvalue weighted by Gasteiger charge is 2.37. The van der Waals surface area contributed by atoms with Crippen molar-refractivity contribution in [1.82, 2.24) is 4.98 Å². The molecule has 1 fully saturated rings. The Labute approximate surface area is 150 Å². The van der Waals surface area contributed by atoms with Gasteiger partial charge in [-0.1, -0.05) is 35.6 Å². The number of alkyl halides is 3. The molecule has 0 radical (unpaired) electrons. The smallest absolute Gasteiger partial charge is 0.417 e. The van der Waals surface area contributed by atoms with E-state index in [9.17, 15) is 18.0 Å². The van der Waals surface area contributed by atoms with Crippen molar-refractivity contribution in [3.63, 3.8) is 0 Å². The highest BCUT2D eigenvalue weighted by molar-refractivity contribution is 7.22. The number of carbonyl (C=O) groups excluding carboxylic acids is 1. The van der Waals surface area contributed by atoms with Gasteiger partial charge in [0.05, 0.1) is 34.4 Å². The van der Waals surface area contributed by atoms with Crippen molar-refractivity contribution >= 4 is 32.7 Å². The molecule has 1 aliphatic rings. The minimum Gasteiger partial charge on any atom is -0.455 e. The fourth-order valence-electron chi connectivity index (χ4n) is 2.79. The molecule has 0 unspecified atom stereocenters. The molecule has 3 aromatic rings. The van der Waals surface area contributed by atoms with Crippen molar-refractivity contribution in [2.45, 2.75) is 12.3 Å². The maximum atomic E-state index is 13.0. The number of hydrogen-bond donors (Lipinski definition) is 0. The second-order valence-corrected chi connectivity index (χ2v) is 6.95. The van der Waals surface area contributed by atoms with Crippen LogP contribution < -0.4 is 4.90 Å². The molecule has 2 aromatic carbocycles. The standard InChI is InChI=1S/C18H13F3N2O2S/c19-18(20,21)13-6-2-1-5-12(13)16(24)25-11-9-23(10-11)17-22-14-7-3-4-8-15(14)26-17/h1-8,11H,9-10H2. The number of anilines is 1. The fourth-order valence-corrected chi connectivity index (χ4v) is 3.77. The molecule has 8 heteroatoms. The molecule has 0 aliphatic carbocycles. The summed E-state index contributed by atoms with van der Waals surface area (Å²) in [5.41, 5.74) is -0.544. The predicted octanol–water partition coefficient (Wildman–Crippen LogP) is 4.36. The Morgan fingerprint density at radius 1 is 1.12 bits per heavy atom. The molecule has 0 amide bonds. The van der Waals surface area contributed by atoms with Crippen LogP contribution in [-0.4, -0.2) is 30.1 Å². The summed E-state index contributed by atoms with van der Waals surface area (Å²) in [6.45, 7) is 0.833. The van der Waals surface area contributed by atoms with Gasteiger partial charge in [-0.15, -0.1) is 0 Å². The molecule has 0 spiro atoms. The highest BCUT2D eigenvalue weighted by atomic mass is 32.1. The van der Waals surface area contributed by atoms with E-state index >= 15 is 0 Å². The quantitative estimate of drug-likeness (QED) is 0.635. The summed E-state index contributed by atoms with van der Waals surface area (Å²) in [6.07, 6.45) is -5.04. The first kappa shape index (κ1) is 16.8. The molecule has 1 aromatic heterocycles. The van der Waals surface area contributed by atoms with Gasteiger partial charge in [0.2, 0.25) is 0 Å². The van der Waals surface area contributed by atoms with Crippen LogP contribution in [0.2, 0.25) is 0 Å². The zero-order valence-electron chi connectivity index (χ0n) is 13.4. The van der Waals surface area contributed by atoms with Gasteiger partial charge in [-0.05, 0) is 24.3 Å². The molecule has 4 nitrogen and oxygen atoms in total. The van der Waals surface area contributed by atoms with E-state index in [0.717, 1.165) is 27.5 Å². The maximum Gasteiger partial charge on any atom is 0.417 e. The van der Waals surface area contributed by atoms with Crippen LogP contribution in [0.25, 0.3) is 10.2 Å². The first-order valence-electron chi connectivity index (χ1n) is 7.89. The Hall–Kier alpha value is -2.61. The maximum absolute atomic E-state index is 13.0. The third-order valence-electron chi connectivity index (χ3n) is 4.13. The van der Waals surface area contributed by atoms with Crippen LogP contribution in [0.4, 0.5) is 18.3 Å². The molecule has 4 rings (SSSR count). The van der Waals surface area contributed by atoms with Gasteiger partial charge >= 0.3 is 12.1 Å². The zero-order chi connectivity index (χ0) is 18.3. The lowest BCUT2D eigenvalue weighted by atomic mass is 10.1. The molecule has 2 heterocycles. The Bertz CT molecular complexity index is 931. The summed E-state index contributed by atoms with van der Waals surface area (Å²) in [7, 11) is 0. The van der Waals surface area contributed by atoms with Crippen molar-refractivity contribution in [2.24, 2.45) is 0 Å². The van der Waals surface area contributed by atoms with E-state index in [1.165, 1.54) is 23.5 Å². The number of rotatable bonds is 3. The predicted molar refractivity (Wildman–Crippen MR) is 92.5 cm³/mol. The van der Waals surface area contributed by atoms with Gasteiger partial charge in [0.15, 0.2) is 5.13 Å². The number of ether oxygens (including phenoxy) is 1. The van der Waals surface area contributed by atoms with E-state index < -0.39 is 29.4 Å². The van der Waals surface area contributed by atoms with Crippen LogP contribution in [0.5, 0.6) is 0 Å². The SMILES string of the molecule is O=C(OC1CN(c2nc3ccccc3s2)C1)c1ccccc1C(F)(F)F. The first-order chi connectivity index (χ1) is 12.4. The van der Waals surface area contributed by atoms with Crippen molar-refractivity contribution < 1.29 is 22.7 Å². The van der Waals surface area contributed by atoms with Crippen LogP contribution in [0, 0.1) is 0 Å². The number of aromatic nitrogens is 1. The van der Waals surface area contributed by atoms with Gasteiger partial charge in [0.1, 0.15) is 6.10 Å². The average molecular weight is 378 g/mol. The lowest BCUT2D eigenvalue weighted by molar-refractivity contribution is -0.138. The largest absolute Gasteiger partial charge is 0.455 e. The Morgan fingerprint density at radius 2 is 1.81 bits per heavy atom. The van der Waals surface area contributed by atoms with E-state index in [1.54, 1.807) is 0 Å². The molecule has 0 bridgehead atoms. The van der Waals surface area contributed by atoms with E-state index in [2.05, 4.69) is 4.98 Å². The van der Waals surface area contributed by atoms with Gasteiger partial charge in [-0.25, -0.2) is 9.78 Å². The van der Waals surface area contributed by atoms with Crippen molar-refractivity contribution in [1.29, 1.82) is 0 Å². The number of fused-ring (bicyclic) bond motifs is 1. The number of esters is 1. The van der Waals surface area contributed by atoms with Gasteiger partial charge in [-0.3, -0.25) is 0 Å². The number of carbonyl (C=O) groups is 1. The van der Waals surface area contributed by atoms with Crippen molar-refractivity contribution in [3.05, 3.63) is 59.7 Å². The summed E-state index contributed by atoms with van der Waals surface area (Å²) >= 11 is 1.53. The van der Waals surface area contributed by atoms with Crippen molar-refractivity contribution in [2.75, 3.05) is 18.0 Å². The average Bonchev–Trinajstić information content (AvgIpc) is 3.00. The van der Waals surface area contributed by atoms with Crippen LogP contribution in [0.1, 0.15) is 15.9 Å². The summed E-state index contributed by atoms with van der Waals surface area (Å²) < 4.78 is 45.3. The number of halogens is 3. The van der Waals surface area contributed by atoms with Gasteiger partial charge in [0, 0.05) is 0 Å². The number of para-hydroxylation sites is 1. The van der Waals surface area contributed by atoms with Crippen LogP contribution in [0.15, 0.2) is 48.5 Å².